The highest BCUT2D eigenvalue weighted by atomic mass is 19.4. The van der Waals surface area contributed by atoms with Gasteiger partial charge in [0.25, 0.3) is 0 Å². The Kier molecular flexibility index (Phi) is 15.9. The van der Waals surface area contributed by atoms with E-state index in [-0.39, 0.29) is 65.7 Å². The van der Waals surface area contributed by atoms with Gasteiger partial charge in [-0.25, -0.2) is 0 Å². The van der Waals surface area contributed by atoms with E-state index in [4.69, 9.17) is 18.9 Å². The molecule has 4 nitrogen and oxygen atoms in total. The molecule has 44 heavy (non-hydrogen) atoms. The monoisotopic (exact) mass is 698 g/mol. The second kappa shape index (κ2) is 16.4. The van der Waals surface area contributed by atoms with Crippen molar-refractivity contribution in [3.8, 4) is 0 Å². The highest BCUT2D eigenvalue weighted by molar-refractivity contribution is 5.01. The average molecular weight is 698 g/mol. The fourth-order valence-electron chi connectivity index (χ4n) is 2.99. The van der Waals surface area contributed by atoms with Crippen LogP contribution in [0.15, 0.2) is 0 Å². The molecule has 0 aliphatic rings. The van der Waals surface area contributed by atoms with Crippen LogP contribution in [0.4, 0.5) is 79.0 Å². The van der Waals surface area contributed by atoms with E-state index in [9.17, 15) is 79.0 Å². The summed E-state index contributed by atoms with van der Waals surface area (Å²) in [6.07, 6.45) is -20.2. The third kappa shape index (κ3) is 11.1. The van der Waals surface area contributed by atoms with Crippen LogP contribution in [0.5, 0.6) is 0 Å². The molecule has 0 aliphatic carbocycles. The largest absolute Gasteiger partial charge is 0.460 e. The van der Waals surface area contributed by atoms with E-state index < -0.39 is 73.6 Å². The van der Waals surface area contributed by atoms with E-state index in [2.05, 4.69) is 0 Å². The molecule has 266 valence electrons. The average Bonchev–Trinajstić information content (AvgIpc) is 2.86. The summed E-state index contributed by atoms with van der Waals surface area (Å²) >= 11 is 0. The smallest absolute Gasteiger partial charge is 0.379 e. The second-order valence-corrected chi connectivity index (χ2v) is 9.07. The Balaban J connectivity index is 3.88. The molecule has 0 aromatic rings. The van der Waals surface area contributed by atoms with Crippen molar-refractivity contribution < 1.29 is 98.0 Å². The molecule has 0 amide bonds. The van der Waals surface area contributed by atoms with Crippen molar-refractivity contribution in [1.82, 2.24) is 0 Å². The first kappa shape index (κ1) is 42.6. The van der Waals surface area contributed by atoms with E-state index in [1.54, 1.807) is 0 Å². The molecule has 0 fully saturated rings. The molecule has 0 aromatic heterocycles. The summed E-state index contributed by atoms with van der Waals surface area (Å²) in [5.41, 5.74) is 0. The van der Waals surface area contributed by atoms with Gasteiger partial charge in [-0.15, -0.1) is 0 Å². The van der Waals surface area contributed by atoms with Gasteiger partial charge in [-0.3, -0.25) is 0 Å². The lowest BCUT2D eigenvalue weighted by Gasteiger charge is -2.33. The lowest BCUT2D eigenvalue weighted by atomic mass is 9.99. The molecular formula is C22H28F18O4. The number of unbranched alkanes of at least 4 members (excludes halogenated alkanes) is 2. The SMILES string of the molecule is FC(F)(F)C(F)(F)C(F)(F)C(F)(F)CCCCOCCOCCOCCOCCCCC(F)(F)C(F)(F)C(F)(F)C(F)(F)F. The Morgan fingerprint density at radius 1 is 0.273 bits per heavy atom. The Morgan fingerprint density at radius 3 is 0.727 bits per heavy atom. The van der Waals surface area contributed by atoms with Crippen LogP contribution in [-0.2, 0) is 18.9 Å². The molecule has 0 radical (unpaired) electrons. The zero-order chi connectivity index (χ0) is 34.7. The second-order valence-electron chi connectivity index (χ2n) is 9.07. The van der Waals surface area contributed by atoms with E-state index in [0.29, 0.717) is 0 Å². The van der Waals surface area contributed by atoms with Gasteiger partial charge in [0.05, 0.1) is 39.6 Å². The van der Waals surface area contributed by atoms with Crippen LogP contribution in [0.2, 0.25) is 0 Å². The van der Waals surface area contributed by atoms with Gasteiger partial charge in [-0.2, -0.15) is 79.0 Å². The Morgan fingerprint density at radius 2 is 0.500 bits per heavy atom. The highest BCUT2D eigenvalue weighted by Crippen LogP contribution is 2.55. The standard InChI is InChI=1S/C22H28F18O4/c23-15(24,17(27,28)19(31,32)21(35,36)37)5-1-3-7-41-9-11-43-13-14-44-12-10-42-8-4-2-6-16(25,26)18(29,30)20(33,34)22(38,39)40/h1-14H2. The highest BCUT2D eigenvalue weighted by Gasteiger charge is 2.82. The Hall–Kier alpha value is -1.42. The molecule has 0 spiro atoms. The van der Waals surface area contributed by atoms with Gasteiger partial charge in [0, 0.05) is 26.1 Å². The lowest BCUT2D eigenvalue weighted by Crippen LogP contribution is -2.60. The molecule has 0 rings (SSSR count). The fourth-order valence-corrected chi connectivity index (χ4v) is 2.99. The molecule has 22 heteroatoms. The van der Waals surface area contributed by atoms with Gasteiger partial charge in [-0.1, -0.05) is 0 Å². The number of halogens is 18. The normalized spacial score (nSPS) is 14.9. The van der Waals surface area contributed by atoms with Gasteiger partial charge in [-0.05, 0) is 25.7 Å². The summed E-state index contributed by atoms with van der Waals surface area (Å²) in [5.74, 6) is -38.5. The molecule has 0 heterocycles. The molecule has 0 unspecified atom stereocenters. The van der Waals surface area contributed by atoms with Crippen LogP contribution in [0.25, 0.3) is 0 Å². The number of rotatable bonds is 23. The third-order valence-corrected chi connectivity index (χ3v) is 5.59. The van der Waals surface area contributed by atoms with Crippen molar-refractivity contribution in [2.75, 3.05) is 52.9 Å². The fraction of sp³-hybridized carbons (Fsp3) is 1.00. The molecule has 0 bridgehead atoms. The minimum Gasteiger partial charge on any atom is -0.379 e. The zero-order valence-electron chi connectivity index (χ0n) is 22.3. The van der Waals surface area contributed by atoms with Crippen molar-refractivity contribution in [2.45, 2.75) is 86.4 Å². The first-order valence-electron chi connectivity index (χ1n) is 12.4. The van der Waals surface area contributed by atoms with Crippen molar-refractivity contribution >= 4 is 0 Å². The number of alkyl halides is 18. The summed E-state index contributed by atoms with van der Waals surface area (Å²) < 4.78 is 249. The number of hydrogen-bond acceptors (Lipinski definition) is 4. The van der Waals surface area contributed by atoms with Crippen LogP contribution < -0.4 is 0 Å². The minimum atomic E-state index is -6.94. The van der Waals surface area contributed by atoms with Crippen molar-refractivity contribution in [3.05, 3.63) is 0 Å². The molecule has 0 aliphatic heterocycles. The van der Waals surface area contributed by atoms with Gasteiger partial charge in [0.1, 0.15) is 0 Å². The summed E-state index contributed by atoms with van der Waals surface area (Å²) in [6.45, 7) is -1.24. The van der Waals surface area contributed by atoms with Gasteiger partial charge >= 0.3 is 47.9 Å². The predicted molar refractivity (Wildman–Crippen MR) is 113 cm³/mol. The van der Waals surface area contributed by atoms with E-state index in [1.807, 2.05) is 0 Å². The van der Waals surface area contributed by atoms with Crippen molar-refractivity contribution in [3.63, 3.8) is 0 Å². The van der Waals surface area contributed by atoms with Crippen LogP contribution in [0.1, 0.15) is 38.5 Å². The van der Waals surface area contributed by atoms with E-state index in [1.165, 1.54) is 0 Å². The maximum atomic E-state index is 13.4. The van der Waals surface area contributed by atoms with Gasteiger partial charge in [0.15, 0.2) is 0 Å². The van der Waals surface area contributed by atoms with Gasteiger partial charge < -0.3 is 18.9 Å². The first-order chi connectivity index (χ1) is 19.7. The molecule has 0 saturated carbocycles. The molecule has 0 aromatic carbocycles. The molecule has 0 atom stereocenters. The van der Waals surface area contributed by atoms with Crippen LogP contribution in [-0.4, -0.2) is 101 Å². The summed E-state index contributed by atoms with van der Waals surface area (Å²) in [7, 11) is 0. The van der Waals surface area contributed by atoms with Crippen molar-refractivity contribution in [2.24, 2.45) is 0 Å². The topological polar surface area (TPSA) is 36.9 Å². The van der Waals surface area contributed by atoms with E-state index in [0.717, 1.165) is 0 Å². The summed E-state index contributed by atoms with van der Waals surface area (Å²) in [5, 5.41) is 0. The lowest BCUT2D eigenvalue weighted by molar-refractivity contribution is -0.396. The first-order valence-corrected chi connectivity index (χ1v) is 12.4. The quantitative estimate of drug-likeness (QED) is 0.0795. The summed E-state index contributed by atoms with van der Waals surface area (Å²) in [6, 6.07) is 0. The molecule has 0 N–H and O–H groups in total. The molecular weight excluding hydrogens is 670 g/mol. The maximum absolute atomic E-state index is 13.4. The van der Waals surface area contributed by atoms with Crippen LogP contribution in [0, 0.1) is 0 Å². The van der Waals surface area contributed by atoms with Crippen molar-refractivity contribution in [1.29, 1.82) is 0 Å². The number of hydrogen-bond donors (Lipinski definition) is 0. The predicted octanol–water partition coefficient (Wildman–Crippen LogP) is 8.33. The molecule has 0 saturated heterocycles. The van der Waals surface area contributed by atoms with Crippen LogP contribution >= 0.6 is 0 Å². The van der Waals surface area contributed by atoms with E-state index >= 15 is 0 Å². The Bertz CT molecular complexity index is 748. The third-order valence-electron chi connectivity index (χ3n) is 5.59. The Labute approximate surface area is 238 Å². The zero-order valence-corrected chi connectivity index (χ0v) is 22.3. The summed E-state index contributed by atoms with van der Waals surface area (Å²) in [4.78, 5) is 0. The van der Waals surface area contributed by atoms with Gasteiger partial charge in [0.2, 0.25) is 0 Å². The van der Waals surface area contributed by atoms with Crippen LogP contribution in [0.3, 0.4) is 0 Å². The number of ether oxygens (including phenoxy) is 4. The maximum Gasteiger partial charge on any atom is 0.460 e. The minimum absolute atomic E-state index is 0.0378.